The van der Waals surface area contributed by atoms with E-state index in [2.05, 4.69) is 41.1 Å². The van der Waals surface area contributed by atoms with Gasteiger partial charge >= 0.3 is 5.97 Å². The van der Waals surface area contributed by atoms with Crippen LogP contribution >= 0.6 is 0 Å². The molecule has 5 aromatic carbocycles. The predicted octanol–water partition coefficient (Wildman–Crippen LogP) is 8.49. The number of rotatable bonds is 7. The first-order valence-corrected chi connectivity index (χ1v) is 14.6. The molecular formula is C38H29N3O3. The van der Waals surface area contributed by atoms with Gasteiger partial charge in [0.1, 0.15) is 0 Å². The van der Waals surface area contributed by atoms with E-state index in [1.165, 1.54) is 0 Å². The molecular weight excluding hydrogens is 546 g/mol. The highest BCUT2D eigenvalue weighted by atomic mass is 16.5. The number of pyridine rings is 1. The van der Waals surface area contributed by atoms with Crippen molar-refractivity contribution in [3.05, 3.63) is 133 Å². The largest absolute Gasteiger partial charge is 0.452 e. The highest BCUT2D eigenvalue weighted by Gasteiger charge is 2.17. The quantitative estimate of drug-likeness (QED) is 0.193. The zero-order valence-electron chi connectivity index (χ0n) is 24.2. The Morgan fingerprint density at radius 1 is 0.682 bits per heavy atom. The van der Waals surface area contributed by atoms with Gasteiger partial charge in [-0.1, -0.05) is 91.0 Å². The molecule has 1 amide bonds. The predicted molar refractivity (Wildman–Crippen MR) is 177 cm³/mol. The van der Waals surface area contributed by atoms with Gasteiger partial charge in [-0.05, 0) is 54.4 Å². The SMILES string of the molecule is CCn1c2ccccc2c2cc(NC(=O)COC(=O)c3cc(-c4ccc(-c5ccccc5)cc4)nc4ccccc34)ccc21. The normalized spacial score (nSPS) is 11.2. The van der Waals surface area contributed by atoms with Crippen LogP contribution in [0.25, 0.3) is 55.1 Å². The zero-order chi connectivity index (χ0) is 30.0. The number of ether oxygens (including phenoxy) is 1. The van der Waals surface area contributed by atoms with Crippen molar-refractivity contribution in [3.8, 4) is 22.4 Å². The van der Waals surface area contributed by atoms with Crippen LogP contribution in [0.5, 0.6) is 0 Å². The van der Waals surface area contributed by atoms with Crippen molar-refractivity contribution in [2.45, 2.75) is 13.5 Å². The van der Waals surface area contributed by atoms with Gasteiger partial charge in [0.2, 0.25) is 0 Å². The van der Waals surface area contributed by atoms with Crippen LogP contribution in [0.1, 0.15) is 17.3 Å². The highest BCUT2D eigenvalue weighted by molar-refractivity contribution is 6.10. The maximum Gasteiger partial charge on any atom is 0.339 e. The fraction of sp³-hybridized carbons (Fsp3) is 0.0789. The minimum Gasteiger partial charge on any atom is -0.452 e. The number of hydrogen-bond acceptors (Lipinski definition) is 4. The third kappa shape index (κ3) is 5.07. The third-order valence-corrected chi connectivity index (χ3v) is 7.93. The minimum atomic E-state index is -0.581. The first-order valence-electron chi connectivity index (χ1n) is 14.6. The Hall–Kier alpha value is -5.75. The number of benzene rings is 5. The van der Waals surface area contributed by atoms with Gasteiger partial charge in [-0.3, -0.25) is 4.79 Å². The van der Waals surface area contributed by atoms with Crippen molar-refractivity contribution in [2.75, 3.05) is 11.9 Å². The summed E-state index contributed by atoms with van der Waals surface area (Å²) in [5.74, 6) is -0.991. The average Bonchev–Trinajstić information content (AvgIpc) is 3.40. The van der Waals surface area contributed by atoms with Crippen molar-refractivity contribution in [1.29, 1.82) is 0 Å². The van der Waals surface area contributed by atoms with E-state index in [1.807, 2.05) is 97.1 Å². The number of aryl methyl sites for hydroxylation is 1. The molecule has 6 nitrogen and oxygen atoms in total. The first-order chi connectivity index (χ1) is 21.6. The van der Waals surface area contributed by atoms with Crippen LogP contribution in [0.15, 0.2) is 127 Å². The smallest absolute Gasteiger partial charge is 0.339 e. The monoisotopic (exact) mass is 575 g/mol. The summed E-state index contributed by atoms with van der Waals surface area (Å²) < 4.78 is 7.79. The number of esters is 1. The second-order valence-corrected chi connectivity index (χ2v) is 10.6. The standard InChI is InChI=1S/C38H29N3O3/c1-2-41-35-15-9-7-13-30(35)31-22-28(20-21-36(31)41)39-37(42)24-44-38(43)32-23-34(40-33-14-8-6-12-29(32)33)27-18-16-26(17-19-27)25-10-4-3-5-11-25/h3-23H,2,24H2,1H3,(H,39,42). The molecule has 0 fully saturated rings. The van der Waals surface area contributed by atoms with Gasteiger partial charge in [0.15, 0.2) is 6.61 Å². The van der Waals surface area contributed by atoms with Crippen molar-refractivity contribution < 1.29 is 14.3 Å². The Morgan fingerprint density at radius 2 is 1.34 bits per heavy atom. The second kappa shape index (κ2) is 11.5. The molecule has 7 aromatic rings. The van der Waals surface area contributed by atoms with Gasteiger partial charge in [-0.2, -0.15) is 0 Å². The topological polar surface area (TPSA) is 73.2 Å². The van der Waals surface area contributed by atoms with Gasteiger partial charge < -0.3 is 14.6 Å². The maximum atomic E-state index is 13.4. The number of anilines is 1. The number of nitrogens with one attached hydrogen (secondary N) is 1. The van der Waals surface area contributed by atoms with Crippen molar-refractivity contribution in [1.82, 2.24) is 9.55 Å². The third-order valence-electron chi connectivity index (χ3n) is 7.93. The lowest BCUT2D eigenvalue weighted by atomic mass is 10.0. The molecule has 7 rings (SSSR count). The first kappa shape index (κ1) is 27.1. The molecule has 0 saturated carbocycles. The summed E-state index contributed by atoms with van der Waals surface area (Å²) in [5, 5.41) is 5.74. The lowest BCUT2D eigenvalue weighted by molar-refractivity contribution is -0.119. The number of carbonyl (C=O) groups is 2. The molecule has 1 N–H and O–H groups in total. The second-order valence-electron chi connectivity index (χ2n) is 10.6. The van der Waals surface area contributed by atoms with Crippen molar-refractivity contribution >= 4 is 50.3 Å². The maximum absolute atomic E-state index is 13.4. The molecule has 0 aliphatic heterocycles. The van der Waals surface area contributed by atoms with Crippen molar-refractivity contribution in [2.24, 2.45) is 0 Å². The molecule has 0 spiro atoms. The van der Waals surface area contributed by atoms with E-state index in [9.17, 15) is 9.59 Å². The molecule has 6 heteroatoms. The number of amides is 1. The van der Waals surface area contributed by atoms with E-state index in [1.54, 1.807) is 6.07 Å². The van der Waals surface area contributed by atoms with Crippen LogP contribution in [-0.2, 0) is 16.1 Å². The minimum absolute atomic E-state index is 0.360. The molecule has 0 aliphatic rings. The molecule has 44 heavy (non-hydrogen) atoms. The Kier molecular flexibility index (Phi) is 7.08. The number of fused-ring (bicyclic) bond motifs is 4. The van der Waals surface area contributed by atoms with E-state index in [0.717, 1.165) is 45.0 Å². The van der Waals surface area contributed by atoms with E-state index in [0.29, 0.717) is 27.8 Å². The Morgan fingerprint density at radius 3 is 2.14 bits per heavy atom. The summed E-state index contributed by atoms with van der Waals surface area (Å²) >= 11 is 0. The summed E-state index contributed by atoms with van der Waals surface area (Å²) in [4.78, 5) is 31.1. The summed E-state index contributed by atoms with van der Waals surface area (Å²) in [6.45, 7) is 2.55. The summed E-state index contributed by atoms with van der Waals surface area (Å²) in [6.07, 6.45) is 0. The number of para-hydroxylation sites is 2. The van der Waals surface area contributed by atoms with Crippen LogP contribution in [0.4, 0.5) is 5.69 Å². The van der Waals surface area contributed by atoms with Crippen LogP contribution in [-0.4, -0.2) is 28.0 Å². The average molecular weight is 576 g/mol. The summed E-state index contributed by atoms with van der Waals surface area (Å²) in [7, 11) is 0. The Balaban J connectivity index is 1.10. The fourth-order valence-corrected chi connectivity index (χ4v) is 5.83. The van der Waals surface area contributed by atoms with E-state index >= 15 is 0 Å². The molecule has 2 heterocycles. The van der Waals surface area contributed by atoms with Gasteiger partial charge in [-0.15, -0.1) is 0 Å². The molecule has 0 aliphatic carbocycles. The molecule has 0 saturated heterocycles. The molecule has 0 atom stereocenters. The van der Waals surface area contributed by atoms with Crippen LogP contribution in [0.3, 0.4) is 0 Å². The molecule has 0 bridgehead atoms. The summed E-state index contributed by atoms with van der Waals surface area (Å²) in [5.41, 5.74) is 7.69. The van der Waals surface area contributed by atoms with Gasteiger partial charge in [0, 0.05) is 45.0 Å². The number of nitrogens with zero attached hydrogens (tertiary/aromatic N) is 2. The van der Waals surface area contributed by atoms with Gasteiger partial charge in [0.25, 0.3) is 5.91 Å². The fourth-order valence-electron chi connectivity index (χ4n) is 5.83. The van der Waals surface area contributed by atoms with Gasteiger partial charge in [-0.25, -0.2) is 9.78 Å². The van der Waals surface area contributed by atoms with Crippen LogP contribution in [0.2, 0.25) is 0 Å². The Bertz CT molecular complexity index is 2170. The molecule has 0 unspecified atom stereocenters. The van der Waals surface area contributed by atoms with E-state index in [-0.39, 0.29) is 0 Å². The van der Waals surface area contributed by atoms with E-state index < -0.39 is 18.5 Å². The lowest BCUT2D eigenvalue weighted by Crippen LogP contribution is -2.21. The van der Waals surface area contributed by atoms with Crippen molar-refractivity contribution in [3.63, 3.8) is 0 Å². The Labute approximate surface area is 254 Å². The summed E-state index contributed by atoms with van der Waals surface area (Å²) in [6, 6.07) is 41.5. The van der Waals surface area contributed by atoms with Crippen LogP contribution < -0.4 is 5.32 Å². The molecule has 0 radical (unpaired) electrons. The highest BCUT2D eigenvalue weighted by Crippen LogP contribution is 2.31. The molecule has 214 valence electrons. The van der Waals surface area contributed by atoms with Crippen LogP contribution in [0, 0.1) is 0 Å². The number of carbonyl (C=O) groups excluding carboxylic acids is 2. The van der Waals surface area contributed by atoms with E-state index in [4.69, 9.17) is 9.72 Å². The molecule has 2 aromatic heterocycles. The van der Waals surface area contributed by atoms with Gasteiger partial charge in [0.05, 0.1) is 16.8 Å². The number of hydrogen-bond donors (Lipinski definition) is 1. The lowest BCUT2D eigenvalue weighted by Gasteiger charge is -2.11. The number of aromatic nitrogens is 2. The zero-order valence-corrected chi connectivity index (χ0v) is 24.2.